The minimum absolute atomic E-state index is 0.124. The van der Waals surface area contributed by atoms with Gasteiger partial charge in [-0.3, -0.25) is 0 Å². The first-order valence-corrected chi connectivity index (χ1v) is 8.41. The number of nitrogens with zero attached hydrogens (tertiary/aromatic N) is 1. The third-order valence-electron chi connectivity index (χ3n) is 4.07. The molecule has 1 aliphatic rings. The van der Waals surface area contributed by atoms with Crippen LogP contribution < -0.4 is 10.2 Å². The second-order valence-corrected chi connectivity index (χ2v) is 8.16. The van der Waals surface area contributed by atoms with Gasteiger partial charge in [0, 0.05) is 35.9 Å². The maximum atomic E-state index is 6.25. The fourth-order valence-corrected chi connectivity index (χ4v) is 3.37. The normalized spacial score (nSPS) is 23.4. The Labute approximate surface area is 134 Å². The van der Waals surface area contributed by atoms with Crippen molar-refractivity contribution in [1.29, 1.82) is 0 Å². The van der Waals surface area contributed by atoms with Crippen LogP contribution in [0, 0.1) is 11.8 Å². The van der Waals surface area contributed by atoms with Gasteiger partial charge in [-0.2, -0.15) is 0 Å². The van der Waals surface area contributed by atoms with Gasteiger partial charge in [0.25, 0.3) is 0 Å². The summed E-state index contributed by atoms with van der Waals surface area (Å²) >= 11 is 6.25. The molecule has 2 rings (SSSR count). The van der Waals surface area contributed by atoms with E-state index in [1.165, 1.54) is 17.7 Å². The largest absolute Gasteiger partial charge is 0.371 e. The van der Waals surface area contributed by atoms with Gasteiger partial charge in [-0.25, -0.2) is 0 Å². The van der Waals surface area contributed by atoms with Gasteiger partial charge in [-0.15, -0.1) is 0 Å². The molecule has 0 amide bonds. The fourth-order valence-electron chi connectivity index (χ4n) is 3.20. The average molecular weight is 309 g/mol. The highest BCUT2D eigenvalue weighted by Crippen LogP contribution is 2.31. The highest BCUT2D eigenvalue weighted by Gasteiger charge is 2.24. The van der Waals surface area contributed by atoms with Gasteiger partial charge in [0.2, 0.25) is 0 Å². The predicted octanol–water partition coefficient (Wildman–Crippen LogP) is 4.71. The van der Waals surface area contributed by atoms with E-state index in [1.807, 2.05) is 6.07 Å². The summed E-state index contributed by atoms with van der Waals surface area (Å²) in [6.45, 7) is 14.4. The Bertz CT molecular complexity index is 469. The summed E-state index contributed by atoms with van der Waals surface area (Å²) < 4.78 is 0. The van der Waals surface area contributed by atoms with E-state index in [9.17, 15) is 0 Å². The number of nitrogens with one attached hydrogen (secondary N) is 1. The van der Waals surface area contributed by atoms with Crippen LogP contribution in [0.4, 0.5) is 5.69 Å². The van der Waals surface area contributed by atoms with Crippen molar-refractivity contribution in [3.8, 4) is 0 Å². The first kappa shape index (κ1) is 16.6. The molecule has 2 nitrogen and oxygen atoms in total. The number of piperidine rings is 1. The van der Waals surface area contributed by atoms with Gasteiger partial charge in [-0.05, 0) is 56.7 Å². The maximum Gasteiger partial charge on any atom is 0.0426 e. The lowest BCUT2D eigenvalue weighted by atomic mass is 9.91. The highest BCUT2D eigenvalue weighted by molar-refractivity contribution is 6.30. The SMILES string of the molecule is CC1CC(C)CN(c2cc(Cl)ccc2CNC(C)(C)C)C1. The van der Waals surface area contributed by atoms with Crippen LogP contribution in [0.15, 0.2) is 18.2 Å². The summed E-state index contributed by atoms with van der Waals surface area (Å²) in [6, 6.07) is 6.30. The summed E-state index contributed by atoms with van der Waals surface area (Å²) in [7, 11) is 0. The Morgan fingerprint density at radius 1 is 1.19 bits per heavy atom. The van der Waals surface area contributed by atoms with Crippen LogP contribution >= 0.6 is 11.6 Å². The monoisotopic (exact) mass is 308 g/mol. The van der Waals surface area contributed by atoms with Gasteiger partial charge in [0.1, 0.15) is 0 Å². The minimum atomic E-state index is 0.124. The number of rotatable bonds is 3. The molecule has 0 radical (unpaired) electrons. The zero-order valence-corrected chi connectivity index (χ0v) is 14.8. The first-order chi connectivity index (χ1) is 9.74. The smallest absolute Gasteiger partial charge is 0.0426 e. The van der Waals surface area contributed by atoms with Crippen molar-refractivity contribution in [3.05, 3.63) is 28.8 Å². The topological polar surface area (TPSA) is 15.3 Å². The molecule has 3 heteroatoms. The highest BCUT2D eigenvalue weighted by atomic mass is 35.5. The van der Waals surface area contributed by atoms with E-state index in [4.69, 9.17) is 11.6 Å². The van der Waals surface area contributed by atoms with E-state index in [0.717, 1.165) is 36.5 Å². The zero-order chi connectivity index (χ0) is 15.6. The van der Waals surface area contributed by atoms with E-state index in [1.54, 1.807) is 0 Å². The number of hydrogen-bond acceptors (Lipinski definition) is 2. The summed E-state index contributed by atoms with van der Waals surface area (Å²) in [6.07, 6.45) is 1.33. The standard InChI is InChI=1S/C18H29ClN2/c1-13-8-14(2)12-21(11-13)17-9-16(19)7-6-15(17)10-20-18(3,4)5/h6-7,9,13-14,20H,8,10-12H2,1-5H3. The van der Waals surface area contributed by atoms with Crippen molar-refractivity contribution in [2.75, 3.05) is 18.0 Å². The van der Waals surface area contributed by atoms with Crippen LogP contribution in [0.25, 0.3) is 0 Å². The Kier molecular flexibility index (Phi) is 5.21. The molecule has 1 N–H and O–H groups in total. The van der Waals surface area contributed by atoms with Crippen LogP contribution in [-0.4, -0.2) is 18.6 Å². The molecule has 2 atom stereocenters. The molecule has 1 aliphatic heterocycles. The maximum absolute atomic E-state index is 6.25. The lowest BCUT2D eigenvalue weighted by Crippen LogP contribution is -2.40. The van der Waals surface area contributed by atoms with Crippen molar-refractivity contribution in [3.63, 3.8) is 0 Å². The average Bonchev–Trinajstić information content (AvgIpc) is 2.35. The van der Waals surface area contributed by atoms with Crippen molar-refractivity contribution in [1.82, 2.24) is 5.32 Å². The van der Waals surface area contributed by atoms with E-state index < -0.39 is 0 Å². The number of hydrogen-bond donors (Lipinski definition) is 1. The molecule has 21 heavy (non-hydrogen) atoms. The van der Waals surface area contributed by atoms with Crippen molar-refractivity contribution < 1.29 is 0 Å². The molecular formula is C18H29ClN2. The van der Waals surface area contributed by atoms with Crippen molar-refractivity contribution in [2.45, 2.75) is 53.1 Å². The van der Waals surface area contributed by atoms with E-state index in [2.05, 4.69) is 57.0 Å². The number of halogens is 1. The van der Waals surface area contributed by atoms with E-state index >= 15 is 0 Å². The second-order valence-electron chi connectivity index (χ2n) is 7.73. The molecule has 1 aromatic rings. The summed E-state index contributed by atoms with van der Waals surface area (Å²) in [4.78, 5) is 2.52. The van der Waals surface area contributed by atoms with Crippen LogP contribution in [0.3, 0.4) is 0 Å². The molecule has 1 saturated heterocycles. The quantitative estimate of drug-likeness (QED) is 0.870. The molecule has 0 aromatic heterocycles. The molecule has 1 fully saturated rings. The number of benzene rings is 1. The Morgan fingerprint density at radius 2 is 1.81 bits per heavy atom. The van der Waals surface area contributed by atoms with Gasteiger partial charge < -0.3 is 10.2 Å². The summed E-state index contributed by atoms with van der Waals surface area (Å²) in [5.41, 5.74) is 2.77. The summed E-state index contributed by atoms with van der Waals surface area (Å²) in [5, 5.41) is 4.42. The molecule has 0 saturated carbocycles. The minimum Gasteiger partial charge on any atom is -0.371 e. The first-order valence-electron chi connectivity index (χ1n) is 8.03. The molecule has 1 heterocycles. The molecule has 1 aromatic carbocycles. The molecular weight excluding hydrogens is 280 g/mol. The van der Waals surface area contributed by atoms with Crippen LogP contribution in [0.2, 0.25) is 5.02 Å². The van der Waals surface area contributed by atoms with Crippen molar-refractivity contribution in [2.24, 2.45) is 11.8 Å². The van der Waals surface area contributed by atoms with Gasteiger partial charge in [-0.1, -0.05) is 31.5 Å². The molecule has 0 spiro atoms. The fraction of sp³-hybridized carbons (Fsp3) is 0.667. The van der Waals surface area contributed by atoms with Crippen LogP contribution in [0.1, 0.15) is 46.6 Å². The Balaban J connectivity index is 2.22. The third-order valence-corrected chi connectivity index (χ3v) is 4.30. The van der Waals surface area contributed by atoms with Crippen LogP contribution in [-0.2, 0) is 6.54 Å². The molecule has 0 bridgehead atoms. The van der Waals surface area contributed by atoms with Crippen LogP contribution in [0.5, 0.6) is 0 Å². The number of anilines is 1. The van der Waals surface area contributed by atoms with Crippen molar-refractivity contribution >= 4 is 17.3 Å². The predicted molar refractivity (Wildman–Crippen MR) is 93.2 cm³/mol. The van der Waals surface area contributed by atoms with Gasteiger partial charge >= 0.3 is 0 Å². The lowest BCUT2D eigenvalue weighted by Gasteiger charge is -2.38. The second kappa shape index (κ2) is 6.58. The third kappa shape index (κ3) is 4.89. The Hall–Kier alpha value is -0.730. The molecule has 118 valence electrons. The molecule has 2 unspecified atom stereocenters. The van der Waals surface area contributed by atoms with Gasteiger partial charge in [0.15, 0.2) is 0 Å². The summed E-state index contributed by atoms with van der Waals surface area (Å²) in [5.74, 6) is 1.49. The Morgan fingerprint density at radius 3 is 2.38 bits per heavy atom. The molecule has 0 aliphatic carbocycles. The van der Waals surface area contributed by atoms with E-state index in [0.29, 0.717) is 0 Å². The van der Waals surface area contributed by atoms with E-state index in [-0.39, 0.29) is 5.54 Å². The van der Waals surface area contributed by atoms with Gasteiger partial charge in [0.05, 0.1) is 0 Å². The zero-order valence-electron chi connectivity index (χ0n) is 14.0. The lowest BCUT2D eigenvalue weighted by molar-refractivity contribution is 0.355.